The third kappa shape index (κ3) is 1.59. The fourth-order valence-corrected chi connectivity index (χ4v) is 1.16. The molecular weight excluding hydrogens is 143 g/mol. The second-order valence-electron chi connectivity index (χ2n) is 2.68. The van der Waals surface area contributed by atoms with Gasteiger partial charge in [-0.15, -0.1) is 0 Å². The molecule has 1 atom stereocenters. The van der Waals surface area contributed by atoms with Crippen LogP contribution in [0.15, 0.2) is 6.20 Å². The van der Waals surface area contributed by atoms with Crippen LogP contribution in [0.5, 0.6) is 0 Å². The van der Waals surface area contributed by atoms with E-state index in [2.05, 4.69) is 5.10 Å². The summed E-state index contributed by atoms with van der Waals surface area (Å²) in [6.45, 7) is 3.52. The molecule has 0 aliphatic rings. The third-order valence-electron chi connectivity index (χ3n) is 1.69. The summed E-state index contributed by atoms with van der Waals surface area (Å²) in [7, 11) is 1.81. The third-order valence-corrected chi connectivity index (χ3v) is 1.69. The van der Waals surface area contributed by atoms with E-state index in [1.807, 2.05) is 20.2 Å². The number of rotatable bonds is 2. The highest BCUT2D eigenvalue weighted by molar-refractivity contribution is 5.18. The van der Waals surface area contributed by atoms with E-state index in [1.165, 1.54) is 6.92 Å². The Morgan fingerprint density at radius 1 is 1.73 bits per heavy atom. The van der Waals surface area contributed by atoms with E-state index >= 15 is 0 Å². The number of alkyl halides is 1. The van der Waals surface area contributed by atoms with Gasteiger partial charge in [0.15, 0.2) is 0 Å². The van der Waals surface area contributed by atoms with Gasteiger partial charge in [0.2, 0.25) is 0 Å². The van der Waals surface area contributed by atoms with E-state index in [0.29, 0.717) is 5.69 Å². The second kappa shape index (κ2) is 3.03. The van der Waals surface area contributed by atoms with Gasteiger partial charge in [-0.05, 0) is 18.9 Å². The van der Waals surface area contributed by atoms with Gasteiger partial charge in [-0.25, -0.2) is 4.39 Å². The Morgan fingerprint density at radius 2 is 2.36 bits per heavy atom. The quantitative estimate of drug-likeness (QED) is 0.640. The lowest BCUT2D eigenvalue weighted by atomic mass is 10.1. The maximum absolute atomic E-state index is 12.8. The molecule has 1 aromatic heterocycles. The highest BCUT2D eigenvalue weighted by atomic mass is 19.1. The molecule has 0 radical (unpaired) electrons. The van der Waals surface area contributed by atoms with Crippen molar-refractivity contribution >= 4 is 0 Å². The lowest BCUT2D eigenvalue weighted by molar-refractivity contribution is 0.361. The molecule has 1 heterocycles. The summed E-state index contributed by atoms with van der Waals surface area (Å²) >= 11 is 0. The van der Waals surface area contributed by atoms with Crippen LogP contribution in [0, 0.1) is 0 Å². The van der Waals surface area contributed by atoms with Crippen molar-refractivity contribution in [3.05, 3.63) is 17.5 Å². The average Bonchev–Trinajstić information content (AvgIpc) is 2.30. The molecule has 1 aromatic rings. The largest absolute Gasteiger partial charge is 0.275 e. The molecular formula is C8H13FN2. The Hall–Kier alpha value is -0.860. The Bertz CT molecular complexity index is 240. The topological polar surface area (TPSA) is 17.8 Å². The first kappa shape index (κ1) is 8.24. The lowest BCUT2D eigenvalue weighted by Gasteiger charge is -1.97. The first-order valence-electron chi connectivity index (χ1n) is 3.81. The molecule has 0 spiro atoms. The summed E-state index contributed by atoms with van der Waals surface area (Å²) in [6, 6.07) is 0. The Morgan fingerprint density at radius 3 is 2.73 bits per heavy atom. The van der Waals surface area contributed by atoms with E-state index in [4.69, 9.17) is 0 Å². The number of nitrogens with zero attached hydrogens (tertiary/aromatic N) is 2. The summed E-state index contributed by atoms with van der Waals surface area (Å²) in [5.74, 6) is 0. The summed E-state index contributed by atoms with van der Waals surface area (Å²) in [4.78, 5) is 0. The minimum Gasteiger partial charge on any atom is -0.275 e. The van der Waals surface area contributed by atoms with Crippen LogP contribution >= 0.6 is 0 Å². The fraction of sp³-hybridized carbons (Fsp3) is 0.625. The molecule has 3 heteroatoms. The predicted molar refractivity (Wildman–Crippen MR) is 42.1 cm³/mol. The van der Waals surface area contributed by atoms with Gasteiger partial charge in [0.1, 0.15) is 6.17 Å². The molecule has 0 fully saturated rings. The van der Waals surface area contributed by atoms with Crippen LogP contribution in [-0.4, -0.2) is 9.78 Å². The van der Waals surface area contributed by atoms with Crippen LogP contribution in [0.1, 0.15) is 31.3 Å². The van der Waals surface area contributed by atoms with E-state index in [1.54, 1.807) is 4.68 Å². The first-order chi connectivity index (χ1) is 5.15. The number of aromatic nitrogens is 2. The molecule has 11 heavy (non-hydrogen) atoms. The summed E-state index contributed by atoms with van der Waals surface area (Å²) in [5, 5.41) is 4.02. The number of hydrogen-bond donors (Lipinski definition) is 0. The van der Waals surface area contributed by atoms with E-state index in [9.17, 15) is 4.39 Å². The van der Waals surface area contributed by atoms with Crippen molar-refractivity contribution in [3.8, 4) is 0 Å². The van der Waals surface area contributed by atoms with Gasteiger partial charge in [0.05, 0.1) is 5.69 Å². The molecule has 0 saturated carbocycles. The Balaban J connectivity index is 3.02. The zero-order valence-electron chi connectivity index (χ0n) is 7.13. The SMILES string of the molecule is CCc1cn(C)nc1C(C)F. The summed E-state index contributed by atoms with van der Waals surface area (Å²) in [6.07, 6.45) is 1.76. The number of hydrogen-bond acceptors (Lipinski definition) is 1. The molecule has 0 amide bonds. The first-order valence-corrected chi connectivity index (χ1v) is 3.81. The zero-order valence-corrected chi connectivity index (χ0v) is 7.13. The van der Waals surface area contributed by atoms with Crippen LogP contribution in [0.2, 0.25) is 0 Å². The van der Waals surface area contributed by atoms with Crippen molar-refractivity contribution in [1.82, 2.24) is 9.78 Å². The maximum Gasteiger partial charge on any atom is 0.141 e. The standard InChI is InChI=1S/C8H13FN2/c1-4-7-5-11(3)10-8(7)6(2)9/h5-6H,4H2,1-3H3. The Labute approximate surface area is 66.0 Å². The van der Waals surface area contributed by atoms with Gasteiger partial charge >= 0.3 is 0 Å². The highest BCUT2D eigenvalue weighted by Gasteiger charge is 2.11. The van der Waals surface area contributed by atoms with Crippen molar-refractivity contribution in [2.45, 2.75) is 26.4 Å². The second-order valence-corrected chi connectivity index (χ2v) is 2.68. The molecule has 0 aliphatic heterocycles. The minimum absolute atomic E-state index is 0.579. The van der Waals surface area contributed by atoms with E-state index in [0.717, 1.165) is 12.0 Å². The van der Waals surface area contributed by atoms with Crippen molar-refractivity contribution in [2.24, 2.45) is 7.05 Å². The molecule has 0 aliphatic carbocycles. The van der Waals surface area contributed by atoms with Gasteiger partial charge in [-0.1, -0.05) is 6.92 Å². The Kier molecular flexibility index (Phi) is 2.27. The van der Waals surface area contributed by atoms with Crippen LogP contribution in [-0.2, 0) is 13.5 Å². The van der Waals surface area contributed by atoms with Crippen LogP contribution in [0.25, 0.3) is 0 Å². The maximum atomic E-state index is 12.8. The van der Waals surface area contributed by atoms with Crippen molar-refractivity contribution in [1.29, 1.82) is 0 Å². The van der Waals surface area contributed by atoms with Gasteiger partial charge in [0.25, 0.3) is 0 Å². The van der Waals surface area contributed by atoms with Crippen LogP contribution in [0.4, 0.5) is 4.39 Å². The number of halogens is 1. The van der Waals surface area contributed by atoms with E-state index < -0.39 is 6.17 Å². The average molecular weight is 156 g/mol. The molecule has 0 N–H and O–H groups in total. The predicted octanol–water partition coefficient (Wildman–Crippen LogP) is 2.01. The monoisotopic (exact) mass is 156 g/mol. The lowest BCUT2D eigenvalue weighted by Crippen LogP contribution is -1.93. The molecule has 62 valence electrons. The van der Waals surface area contributed by atoms with Crippen LogP contribution < -0.4 is 0 Å². The molecule has 0 aromatic carbocycles. The molecule has 1 rings (SSSR count). The number of aryl methyl sites for hydroxylation is 2. The van der Waals surface area contributed by atoms with Crippen LogP contribution in [0.3, 0.4) is 0 Å². The molecule has 1 unspecified atom stereocenters. The fourth-order valence-electron chi connectivity index (χ4n) is 1.16. The smallest absolute Gasteiger partial charge is 0.141 e. The van der Waals surface area contributed by atoms with Gasteiger partial charge in [-0.2, -0.15) is 5.10 Å². The van der Waals surface area contributed by atoms with Crippen molar-refractivity contribution < 1.29 is 4.39 Å². The van der Waals surface area contributed by atoms with Crippen molar-refractivity contribution in [2.75, 3.05) is 0 Å². The van der Waals surface area contributed by atoms with Gasteiger partial charge < -0.3 is 0 Å². The zero-order chi connectivity index (χ0) is 8.43. The van der Waals surface area contributed by atoms with Gasteiger partial charge in [0, 0.05) is 13.2 Å². The summed E-state index contributed by atoms with van der Waals surface area (Å²) < 4.78 is 14.5. The normalized spacial score (nSPS) is 13.5. The molecule has 0 bridgehead atoms. The summed E-state index contributed by atoms with van der Waals surface area (Å²) in [5.41, 5.74) is 1.58. The highest BCUT2D eigenvalue weighted by Crippen LogP contribution is 2.18. The van der Waals surface area contributed by atoms with E-state index in [-0.39, 0.29) is 0 Å². The molecule has 0 saturated heterocycles. The minimum atomic E-state index is -0.953. The molecule has 2 nitrogen and oxygen atoms in total. The van der Waals surface area contributed by atoms with Gasteiger partial charge in [-0.3, -0.25) is 4.68 Å². The van der Waals surface area contributed by atoms with Crippen molar-refractivity contribution in [3.63, 3.8) is 0 Å².